The van der Waals surface area contributed by atoms with Crippen LogP contribution in [0, 0.1) is 0 Å². The van der Waals surface area contributed by atoms with Crippen molar-refractivity contribution in [3.8, 4) is 0 Å². The number of hydrogen-bond donors (Lipinski definition) is 2. The molecule has 152 valence electrons. The van der Waals surface area contributed by atoms with E-state index in [-0.39, 0.29) is 19.4 Å². The average molecular weight is 392 g/mol. The molecule has 0 bridgehead atoms. The van der Waals surface area contributed by atoms with Crippen molar-refractivity contribution in [2.45, 2.75) is 44.4 Å². The van der Waals surface area contributed by atoms with E-state index in [1.807, 2.05) is 30.3 Å². The minimum atomic E-state index is -1.26. The highest BCUT2D eigenvalue weighted by Crippen LogP contribution is 2.19. The molecule has 0 saturated carbocycles. The topological polar surface area (TPSA) is 122 Å². The highest BCUT2D eigenvalue weighted by Gasteiger charge is 2.36. The zero-order chi connectivity index (χ0) is 20.5. The number of esters is 1. The smallest absolute Gasteiger partial charge is 0.410 e. The molecule has 2 atom stereocenters. The van der Waals surface area contributed by atoms with Gasteiger partial charge in [-0.05, 0) is 24.8 Å². The lowest BCUT2D eigenvalue weighted by Gasteiger charge is -2.25. The molecule has 0 unspecified atom stereocenters. The van der Waals surface area contributed by atoms with Gasteiger partial charge < -0.3 is 19.9 Å². The maximum atomic E-state index is 12.5. The molecule has 2 rings (SSSR count). The van der Waals surface area contributed by atoms with Crippen LogP contribution >= 0.6 is 0 Å². The molecule has 2 amide bonds. The van der Waals surface area contributed by atoms with E-state index in [9.17, 15) is 24.3 Å². The van der Waals surface area contributed by atoms with E-state index in [1.165, 1.54) is 12.0 Å². The summed E-state index contributed by atoms with van der Waals surface area (Å²) in [5.74, 6) is -2.40. The zero-order valence-electron chi connectivity index (χ0n) is 15.6. The number of nitrogens with one attached hydrogen (secondary N) is 1. The number of carboxylic acid groups (broad SMARTS) is 1. The Morgan fingerprint density at radius 1 is 1.25 bits per heavy atom. The van der Waals surface area contributed by atoms with Crippen LogP contribution in [-0.2, 0) is 30.5 Å². The Kier molecular flexibility index (Phi) is 7.79. The molecule has 1 aromatic carbocycles. The van der Waals surface area contributed by atoms with Crippen LogP contribution in [0.3, 0.4) is 0 Å². The number of nitrogens with zero attached hydrogens (tertiary/aromatic N) is 1. The van der Waals surface area contributed by atoms with Crippen molar-refractivity contribution in [2.75, 3.05) is 13.7 Å². The van der Waals surface area contributed by atoms with Gasteiger partial charge in [0.2, 0.25) is 5.91 Å². The summed E-state index contributed by atoms with van der Waals surface area (Å²) in [4.78, 5) is 48.7. The Morgan fingerprint density at radius 2 is 1.96 bits per heavy atom. The number of carbonyl (C=O) groups is 4. The molecule has 2 N–H and O–H groups in total. The molecule has 28 heavy (non-hydrogen) atoms. The first-order valence-corrected chi connectivity index (χ1v) is 8.99. The Hall–Kier alpha value is -3.10. The van der Waals surface area contributed by atoms with Crippen LogP contribution in [0.4, 0.5) is 4.79 Å². The first kappa shape index (κ1) is 21.2. The van der Waals surface area contributed by atoms with E-state index in [4.69, 9.17) is 4.74 Å². The summed E-state index contributed by atoms with van der Waals surface area (Å²) in [6.45, 7) is 0.438. The van der Waals surface area contributed by atoms with E-state index in [0.29, 0.717) is 19.4 Å². The molecule has 1 aliphatic heterocycles. The molecule has 1 aromatic rings. The Bertz CT molecular complexity index is 707. The summed E-state index contributed by atoms with van der Waals surface area (Å²) >= 11 is 0. The maximum absolute atomic E-state index is 12.5. The predicted molar refractivity (Wildman–Crippen MR) is 97.2 cm³/mol. The average Bonchev–Trinajstić information content (AvgIpc) is 3.19. The SMILES string of the molecule is COC(=O)CC[C@@H](NC(=O)[C@H]1CCCN1C(=O)OCc1ccccc1)C(=O)O. The fourth-order valence-corrected chi connectivity index (χ4v) is 2.95. The lowest BCUT2D eigenvalue weighted by molar-refractivity contribution is -0.144. The van der Waals surface area contributed by atoms with Crippen molar-refractivity contribution in [2.24, 2.45) is 0 Å². The minimum absolute atomic E-state index is 0.0847. The summed E-state index contributed by atoms with van der Waals surface area (Å²) in [6, 6.07) is 7.11. The van der Waals surface area contributed by atoms with Gasteiger partial charge in [-0.25, -0.2) is 9.59 Å². The summed E-state index contributed by atoms with van der Waals surface area (Å²) in [5.41, 5.74) is 0.824. The van der Waals surface area contributed by atoms with Crippen molar-refractivity contribution in [3.05, 3.63) is 35.9 Å². The normalized spacial score (nSPS) is 16.9. The van der Waals surface area contributed by atoms with Gasteiger partial charge in [0.05, 0.1) is 7.11 Å². The molecule has 0 radical (unpaired) electrons. The molecular formula is C19H24N2O7. The van der Waals surface area contributed by atoms with Crippen LogP contribution in [0.5, 0.6) is 0 Å². The fraction of sp³-hybridized carbons (Fsp3) is 0.474. The van der Waals surface area contributed by atoms with Crippen LogP contribution in [0.1, 0.15) is 31.2 Å². The monoisotopic (exact) mass is 392 g/mol. The van der Waals surface area contributed by atoms with Crippen LogP contribution < -0.4 is 5.32 Å². The number of aliphatic carboxylic acids is 1. The third-order valence-corrected chi connectivity index (χ3v) is 4.47. The number of benzene rings is 1. The second kappa shape index (κ2) is 10.3. The number of likely N-dealkylation sites (tertiary alicyclic amines) is 1. The van der Waals surface area contributed by atoms with Crippen molar-refractivity contribution >= 4 is 23.9 Å². The first-order valence-electron chi connectivity index (χ1n) is 8.99. The third kappa shape index (κ3) is 5.97. The molecule has 1 aliphatic rings. The van der Waals surface area contributed by atoms with Crippen LogP contribution in [0.2, 0.25) is 0 Å². The van der Waals surface area contributed by atoms with Gasteiger partial charge in [-0.1, -0.05) is 30.3 Å². The maximum Gasteiger partial charge on any atom is 0.410 e. The molecular weight excluding hydrogens is 368 g/mol. The number of methoxy groups -OCH3 is 1. The predicted octanol–water partition coefficient (Wildman–Crippen LogP) is 1.31. The standard InChI is InChI=1S/C19H24N2O7/c1-27-16(22)10-9-14(18(24)25)20-17(23)15-8-5-11-21(15)19(26)28-12-13-6-3-2-4-7-13/h2-4,6-7,14-15H,5,8-12H2,1H3,(H,20,23)(H,24,25)/t14-,15-/m1/s1. The Balaban J connectivity index is 1.92. The largest absolute Gasteiger partial charge is 0.480 e. The van der Waals surface area contributed by atoms with Gasteiger partial charge in [0.1, 0.15) is 18.7 Å². The Labute approximate surface area is 162 Å². The summed E-state index contributed by atoms with van der Waals surface area (Å²) in [6.07, 6.45) is 0.164. The van der Waals surface area contributed by atoms with Crippen molar-refractivity contribution in [3.63, 3.8) is 0 Å². The summed E-state index contributed by atoms with van der Waals surface area (Å²) in [7, 11) is 1.20. The summed E-state index contributed by atoms with van der Waals surface area (Å²) in [5, 5.41) is 11.7. The highest BCUT2D eigenvalue weighted by molar-refractivity contribution is 5.89. The van der Waals surface area contributed by atoms with Gasteiger partial charge >= 0.3 is 18.0 Å². The molecule has 0 aliphatic carbocycles. The number of ether oxygens (including phenoxy) is 2. The van der Waals surface area contributed by atoms with Crippen molar-refractivity contribution in [1.82, 2.24) is 10.2 Å². The number of carbonyl (C=O) groups excluding carboxylic acids is 3. The molecule has 0 aromatic heterocycles. The van der Waals surface area contributed by atoms with Crippen LogP contribution in [0.25, 0.3) is 0 Å². The van der Waals surface area contributed by atoms with Gasteiger partial charge in [-0.15, -0.1) is 0 Å². The van der Waals surface area contributed by atoms with E-state index >= 15 is 0 Å². The van der Waals surface area contributed by atoms with Gasteiger partial charge in [-0.2, -0.15) is 0 Å². The van der Waals surface area contributed by atoms with Crippen molar-refractivity contribution in [1.29, 1.82) is 0 Å². The summed E-state index contributed by atoms with van der Waals surface area (Å²) < 4.78 is 9.75. The Morgan fingerprint density at radius 3 is 2.61 bits per heavy atom. The first-order chi connectivity index (χ1) is 13.4. The minimum Gasteiger partial charge on any atom is -0.480 e. The van der Waals surface area contributed by atoms with E-state index in [0.717, 1.165) is 5.56 Å². The molecule has 1 fully saturated rings. The number of carboxylic acids is 1. The van der Waals surface area contributed by atoms with E-state index in [1.54, 1.807) is 0 Å². The lowest BCUT2D eigenvalue weighted by Crippen LogP contribution is -2.51. The quantitative estimate of drug-likeness (QED) is 0.640. The lowest BCUT2D eigenvalue weighted by atomic mass is 10.1. The number of amides is 2. The molecule has 0 spiro atoms. The van der Waals surface area contributed by atoms with Gasteiger partial charge in [-0.3, -0.25) is 14.5 Å². The highest BCUT2D eigenvalue weighted by atomic mass is 16.6. The van der Waals surface area contributed by atoms with Crippen LogP contribution in [0.15, 0.2) is 30.3 Å². The van der Waals surface area contributed by atoms with E-state index < -0.39 is 36.0 Å². The van der Waals surface area contributed by atoms with Gasteiger partial charge in [0.15, 0.2) is 0 Å². The van der Waals surface area contributed by atoms with E-state index in [2.05, 4.69) is 10.1 Å². The number of rotatable bonds is 8. The van der Waals surface area contributed by atoms with Gasteiger partial charge in [0.25, 0.3) is 0 Å². The number of hydrogen-bond acceptors (Lipinski definition) is 6. The third-order valence-electron chi connectivity index (χ3n) is 4.47. The molecule has 9 nitrogen and oxygen atoms in total. The van der Waals surface area contributed by atoms with Gasteiger partial charge in [0, 0.05) is 13.0 Å². The second-order valence-corrected chi connectivity index (χ2v) is 6.41. The molecule has 9 heteroatoms. The molecule has 1 saturated heterocycles. The fourth-order valence-electron chi connectivity index (χ4n) is 2.95. The van der Waals surface area contributed by atoms with Crippen molar-refractivity contribution < 1.29 is 33.8 Å². The second-order valence-electron chi connectivity index (χ2n) is 6.41. The van der Waals surface area contributed by atoms with Crippen LogP contribution in [-0.4, -0.2) is 59.7 Å². The molecule has 1 heterocycles. The zero-order valence-corrected chi connectivity index (χ0v) is 15.6.